The number of Topliss-reactive ketones (excluding diaryl/α,β-unsaturated/α-hetero) is 1. The molecule has 2 aromatic carbocycles. The molecule has 1 aromatic heterocycles. The second-order valence-electron chi connectivity index (χ2n) is 9.91. The molecule has 0 bridgehead atoms. The van der Waals surface area contributed by atoms with Crippen molar-refractivity contribution in [2.75, 3.05) is 5.32 Å². The Balaban J connectivity index is 1.74. The lowest BCUT2D eigenvalue weighted by Crippen LogP contribution is -2.38. The molecule has 2 heterocycles. The predicted molar refractivity (Wildman–Crippen MR) is 131 cm³/mol. The average Bonchev–Trinajstić information content (AvgIpc) is 3.15. The topological polar surface area (TPSA) is 46.9 Å². The molecule has 1 aliphatic rings. The summed E-state index contributed by atoms with van der Waals surface area (Å²) in [6.07, 6.45) is 2.48. The summed E-state index contributed by atoms with van der Waals surface area (Å²) in [5.41, 5.74) is 2.37. The van der Waals surface area contributed by atoms with Crippen molar-refractivity contribution in [3.05, 3.63) is 82.8 Å². The van der Waals surface area contributed by atoms with Crippen molar-refractivity contribution in [1.29, 1.82) is 0 Å². The van der Waals surface area contributed by atoms with Crippen LogP contribution in [0, 0.1) is 12.7 Å². The summed E-state index contributed by atoms with van der Waals surface area (Å²) in [5.74, 6) is 0.543. The number of benzene rings is 2. The molecular weight excluding hydrogens is 413 g/mol. The quantitative estimate of drug-likeness (QED) is 0.399. The lowest BCUT2D eigenvalue weighted by molar-refractivity contribution is 0.0942. The van der Waals surface area contributed by atoms with Gasteiger partial charge in [0.25, 0.3) is 0 Å². The fourth-order valence-corrected chi connectivity index (χ4v) is 5.38. The summed E-state index contributed by atoms with van der Waals surface area (Å²) in [5, 5.41) is 8.40. The first-order valence-electron chi connectivity index (χ1n) is 11.9. The minimum absolute atomic E-state index is 0.0118. The van der Waals surface area contributed by atoms with Crippen LogP contribution in [0.4, 0.5) is 10.2 Å². The molecule has 1 N–H and O–H groups in total. The summed E-state index contributed by atoms with van der Waals surface area (Å²) in [6.45, 7) is 10.3. The monoisotopic (exact) mass is 447 g/mol. The Morgan fingerprint density at radius 2 is 1.76 bits per heavy atom. The second kappa shape index (κ2) is 8.77. The molecule has 1 aliphatic heterocycles. The number of nitrogens with one attached hydrogen (secondary N) is 1. The van der Waals surface area contributed by atoms with E-state index in [2.05, 4.69) is 31.3 Å². The van der Waals surface area contributed by atoms with Crippen LogP contribution >= 0.6 is 0 Å². The Morgan fingerprint density at radius 1 is 1.12 bits per heavy atom. The van der Waals surface area contributed by atoms with Crippen LogP contribution in [0.1, 0.15) is 86.6 Å². The van der Waals surface area contributed by atoms with Gasteiger partial charge in [0.2, 0.25) is 0 Å². The number of ketones is 1. The highest BCUT2D eigenvalue weighted by molar-refractivity contribution is 6.02. The molecule has 0 amide bonds. The minimum atomic E-state index is -0.549. The maximum Gasteiger partial charge on any atom is 0.169 e. The maximum atomic E-state index is 14.8. The van der Waals surface area contributed by atoms with E-state index >= 15 is 0 Å². The van der Waals surface area contributed by atoms with Gasteiger partial charge in [0.1, 0.15) is 11.6 Å². The summed E-state index contributed by atoms with van der Waals surface area (Å²) in [7, 11) is 0. The van der Waals surface area contributed by atoms with E-state index in [0.717, 1.165) is 17.9 Å². The first-order chi connectivity index (χ1) is 15.7. The summed E-state index contributed by atoms with van der Waals surface area (Å²) >= 11 is 0. The number of rotatable bonds is 7. The minimum Gasteiger partial charge on any atom is -0.363 e. The maximum absolute atomic E-state index is 14.8. The molecule has 174 valence electrons. The number of anilines is 1. The Bertz CT molecular complexity index is 1150. The van der Waals surface area contributed by atoms with Crippen molar-refractivity contribution in [2.24, 2.45) is 0 Å². The highest BCUT2D eigenvalue weighted by Crippen LogP contribution is 2.43. The van der Waals surface area contributed by atoms with E-state index in [-0.39, 0.29) is 29.6 Å². The first kappa shape index (κ1) is 23.2. The molecule has 0 spiro atoms. The van der Waals surface area contributed by atoms with Crippen LogP contribution in [0.5, 0.6) is 0 Å². The van der Waals surface area contributed by atoms with E-state index < -0.39 is 5.41 Å². The molecule has 0 radical (unpaired) electrons. The highest BCUT2D eigenvalue weighted by Gasteiger charge is 2.40. The molecule has 33 heavy (non-hydrogen) atoms. The van der Waals surface area contributed by atoms with Crippen LogP contribution < -0.4 is 5.32 Å². The fourth-order valence-electron chi connectivity index (χ4n) is 5.38. The van der Waals surface area contributed by atoms with Crippen molar-refractivity contribution in [3.8, 4) is 0 Å². The van der Waals surface area contributed by atoms with Crippen LogP contribution in [0.3, 0.4) is 0 Å². The van der Waals surface area contributed by atoms with E-state index in [1.807, 2.05) is 55.8 Å². The van der Waals surface area contributed by atoms with Crippen molar-refractivity contribution in [3.63, 3.8) is 0 Å². The Kier molecular flexibility index (Phi) is 6.17. The number of halogens is 1. The molecule has 4 rings (SSSR count). The van der Waals surface area contributed by atoms with Crippen molar-refractivity contribution >= 4 is 11.6 Å². The smallest absolute Gasteiger partial charge is 0.169 e. The van der Waals surface area contributed by atoms with Gasteiger partial charge in [-0.05, 0) is 57.2 Å². The lowest BCUT2D eigenvalue weighted by Gasteiger charge is -2.38. The van der Waals surface area contributed by atoms with Gasteiger partial charge in [-0.2, -0.15) is 5.10 Å². The second-order valence-corrected chi connectivity index (χ2v) is 9.91. The molecule has 1 unspecified atom stereocenters. The molecule has 0 fully saturated rings. The molecule has 0 aliphatic carbocycles. The van der Waals surface area contributed by atoms with Gasteiger partial charge in [0, 0.05) is 11.8 Å². The zero-order chi connectivity index (χ0) is 23.8. The predicted octanol–water partition coefficient (Wildman–Crippen LogP) is 6.95. The largest absolute Gasteiger partial charge is 0.363 e. The van der Waals surface area contributed by atoms with Gasteiger partial charge in [-0.3, -0.25) is 4.79 Å². The SMILES string of the molecule is CCC(CC)(CC(=O)c1c(C)nn2c1NC(c1ccccc1)CC2(C)C)c1ccccc1F. The number of carbonyl (C=O) groups excluding carboxylic acids is 1. The van der Waals surface area contributed by atoms with Crippen LogP contribution in [-0.4, -0.2) is 15.6 Å². The molecule has 5 heteroatoms. The van der Waals surface area contributed by atoms with Gasteiger partial charge in [0.05, 0.1) is 22.8 Å². The standard InChI is InChI=1S/C28H34FN3O/c1-6-28(7-2,21-15-11-12-16-22(21)29)18-24(33)25-19(3)31-32-26(25)30-23(17-27(32,4)5)20-13-9-8-10-14-20/h8-16,23,30H,6-7,17-18H2,1-5H3. The van der Waals surface area contributed by atoms with Crippen LogP contribution in [0.2, 0.25) is 0 Å². The molecule has 1 atom stereocenters. The number of carbonyl (C=O) groups is 1. The van der Waals surface area contributed by atoms with Crippen molar-refractivity contribution < 1.29 is 9.18 Å². The van der Waals surface area contributed by atoms with E-state index in [9.17, 15) is 9.18 Å². The first-order valence-corrected chi connectivity index (χ1v) is 11.9. The number of aryl methyl sites for hydroxylation is 1. The van der Waals surface area contributed by atoms with Crippen molar-refractivity contribution in [2.45, 2.75) is 77.3 Å². The number of aromatic nitrogens is 2. The van der Waals surface area contributed by atoms with E-state index in [4.69, 9.17) is 5.10 Å². The van der Waals surface area contributed by atoms with E-state index in [1.54, 1.807) is 6.07 Å². The number of fused-ring (bicyclic) bond motifs is 1. The van der Waals surface area contributed by atoms with Crippen molar-refractivity contribution in [1.82, 2.24) is 9.78 Å². The summed E-state index contributed by atoms with van der Waals surface area (Å²) in [4.78, 5) is 13.9. The van der Waals surface area contributed by atoms with E-state index in [0.29, 0.717) is 24.0 Å². The highest BCUT2D eigenvalue weighted by atomic mass is 19.1. The van der Waals surface area contributed by atoms with Gasteiger partial charge in [-0.1, -0.05) is 62.4 Å². The van der Waals surface area contributed by atoms with Gasteiger partial charge in [-0.25, -0.2) is 9.07 Å². The number of hydrogen-bond acceptors (Lipinski definition) is 3. The Labute approximate surface area is 196 Å². The third-order valence-electron chi connectivity index (χ3n) is 7.43. The summed E-state index contributed by atoms with van der Waals surface area (Å²) < 4.78 is 16.8. The molecule has 4 nitrogen and oxygen atoms in total. The molecule has 3 aromatic rings. The zero-order valence-corrected chi connectivity index (χ0v) is 20.3. The van der Waals surface area contributed by atoms with E-state index in [1.165, 1.54) is 11.6 Å². The average molecular weight is 448 g/mol. The zero-order valence-electron chi connectivity index (χ0n) is 20.3. The molecule has 0 saturated carbocycles. The number of hydrogen-bond donors (Lipinski definition) is 1. The summed E-state index contributed by atoms with van der Waals surface area (Å²) in [6, 6.07) is 17.3. The van der Waals surface area contributed by atoms with Crippen LogP contribution in [-0.2, 0) is 11.0 Å². The van der Waals surface area contributed by atoms with Crippen LogP contribution in [0.15, 0.2) is 54.6 Å². The lowest BCUT2D eigenvalue weighted by atomic mass is 9.71. The third kappa shape index (κ3) is 4.09. The third-order valence-corrected chi connectivity index (χ3v) is 7.43. The van der Waals surface area contributed by atoms with Gasteiger partial charge >= 0.3 is 0 Å². The Morgan fingerprint density at radius 3 is 2.39 bits per heavy atom. The number of nitrogens with zero attached hydrogens (tertiary/aromatic N) is 2. The van der Waals surface area contributed by atoms with Crippen LogP contribution in [0.25, 0.3) is 0 Å². The normalized spacial score (nSPS) is 17.3. The molecule has 0 saturated heterocycles. The van der Waals surface area contributed by atoms with Gasteiger partial charge in [-0.15, -0.1) is 0 Å². The Hall–Kier alpha value is -2.95. The fraction of sp³-hybridized carbons (Fsp3) is 0.429. The molecular formula is C28H34FN3O. The van der Waals surface area contributed by atoms with Gasteiger partial charge < -0.3 is 5.32 Å². The van der Waals surface area contributed by atoms with Gasteiger partial charge in [0.15, 0.2) is 5.78 Å².